The van der Waals surface area contributed by atoms with Crippen molar-refractivity contribution in [1.29, 1.82) is 0 Å². The smallest absolute Gasteiger partial charge is 0.237 e. The number of allylic oxidation sites excluding steroid dienone is 1. The summed E-state index contributed by atoms with van der Waals surface area (Å²) in [7, 11) is -3.56. The zero-order valence-corrected chi connectivity index (χ0v) is 15.5. The molecule has 8 heteroatoms. The van der Waals surface area contributed by atoms with Crippen molar-refractivity contribution in [2.75, 3.05) is 10.5 Å². The highest BCUT2D eigenvalue weighted by Gasteiger charge is 2.19. The molecule has 138 valence electrons. The molecule has 1 aromatic carbocycles. The predicted molar refractivity (Wildman–Crippen MR) is 99.7 cm³/mol. The van der Waals surface area contributed by atoms with Crippen LogP contribution in [0.15, 0.2) is 30.3 Å². The van der Waals surface area contributed by atoms with Crippen LogP contribution in [0.5, 0.6) is 0 Å². The van der Waals surface area contributed by atoms with Crippen LogP contribution in [0.2, 0.25) is 0 Å². The Hall–Kier alpha value is -2.61. The Morgan fingerprint density at radius 2 is 1.85 bits per heavy atom. The Labute approximate surface area is 152 Å². The molecule has 26 heavy (non-hydrogen) atoms. The number of aldehydes is 1. The molecule has 0 spiro atoms. The summed E-state index contributed by atoms with van der Waals surface area (Å²) in [5.74, 6) is -0.637. The second-order valence-electron chi connectivity index (χ2n) is 5.86. The molecule has 0 radical (unpaired) electrons. The molecule has 0 aliphatic rings. The van der Waals surface area contributed by atoms with Crippen LogP contribution in [-0.2, 0) is 14.8 Å². The minimum absolute atomic E-state index is 0.0573. The van der Waals surface area contributed by atoms with Gasteiger partial charge in [0.2, 0.25) is 16.0 Å². The van der Waals surface area contributed by atoms with E-state index in [1.807, 2.05) is 13.8 Å². The Kier molecular flexibility index (Phi) is 6.20. The van der Waals surface area contributed by atoms with E-state index in [0.717, 1.165) is 0 Å². The number of carbonyl (C=O) groups excluding carboxylic acids is 1. The lowest BCUT2D eigenvalue weighted by Gasteiger charge is -2.16. The predicted octanol–water partition coefficient (Wildman–Crippen LogP) is 3.38. The number of aromatic nitrogens is 2. The number of benzene rings is 1. The van der Waals surface area contributed by atoms with E-state index in [2.05, 4.69) is 14.7 Å². The number of nitrogens with zero attached hydrogens (tertiary/aromatic N) is 2. The molecular formula is C18H20FN3O3S. The number of hydrogen-bond acceptors (Lipinski definition) is 5. The summed E-state index contributed by atoms with van der Waals surface area (Å²) in [6.45, 7) is 5.30. The maximum atomic E-state index is 13.3. The van der Waals surface area contributed by atoms with Crippen molar-refractivity contribution >= 4 is 28.3 Å². The van der Waals surface area contributed by atoms with Crippen LogP contribution in [0.25, 0.3) is 17.3 Å². The highest BCUT2D eigenvalue weighted by Crippen LogP contribution is 2.30. The van der Waals surface area contributed by atoms with E-state index in [-0.39, 0.29) is 17.6 Å². The zero-order valence-electron chi connectivity index (χ0n) is 14.7. The summed E-state index contributed by atoms with van der Waals surface area (Å²) in [6, 6.07) is 5.65. The lowest BCUT2D eigenvalue weighted by molar-refractivity contribution is -0.104. The molecule has 0 atom stereocenters. The van der Waals surface area contributed by atoms with Gasteiger partial charge in [0, 0.05) is 11.1 Å². The third-order valence-electron chi connectivity index (χ3n) is 3.61. The van der Waals surface area contributed by atoms with Gasteiger partial charge in [-0.3, -0.25) is 9.52 Å². The second kappa shape index (κ2) is 8.18. The summed E-state index contributed by atoms with van der Waals surface area (Å²) in [5.41, 5.74) is 2.15. The number of rotatable bonds is 7. The topological polar surface area (TPSA) is 89.0 Å². The van der Waals surface area contributed by atoms with Gasteiger partial charge in [0.1, 0.15) is 12.1 Å². The van der Waals surface area contributed by atoms with Crippen LogP contribution < -0.4 is 4.72 Å². The molecule has 2 rings (SSSR count). The molecule has 1 heterocycles. The molecule has 0 saturated carbocycles. The average Bonchev–Trinajstić information content (AvgIpc) is 2.60. The molecule has 0 saturated heterocycles. The first-order valence-corrected chi connectivity index (χ1v) is 9.72. The number of sulfonamides is 1. The van der Waals surface area contributed by atoms with Crippen LogP contribution in [0.1, 0.15) is 37.9 Å². The number of anilines is 1. The zero-order chi connectivity index (χ0) is 19.3. The van der Waals surface area contributed by atoms with Crippen LogP contribution >= 0.6 is 0 Å². The first kappa shape index (κ1) is 19.7. The molecule has 1 aromatic heterocycles. The van der Waals surface area contributed by atoms with E-state index in [9.17, 15) is 17.6 Å². The van der Waals surface area contributed by atoms with E-state index in [4.69, 9.17) is 0 Å². The molecule has 0 fully saturated rings. The fraction of sp³-hybridized carbons (Fsp3) is 0.278. The Morgan fingerprint density at radius 1 is 1.19 bits per heavy atom. The van der Waals surface area contributed by atoms with Gasteiger partial charge in [0.05, 0.1) is 17.1 Å². The normalized spacial score (nSPS) is 11.9. The molecule has 0 bridgehead atoms. The monoisotopic (exact) mass is 377 g/mol. The molecule has 0 amide bonds. The van der Waals surface area contributed by atoms with Crippen molar-refractivity contribution in [2.24, 2.45) is 0 Å². The molecular weight excluding hydrogens is 357 g/mol. The van der Waals surface area contributed by atoms with E-state index < -0.39 is 15.8 Å². The standard InChI is InChI=1S/C18H20FN3O3S/c1-4-26(24,25)22-18-20-16(12(2)3)15(6-5-11-23)17(21-18)13-7-9-14(19)10-8-13/h5-12H,4H2,1-3H3,(H,20,21,22). The summed E-state index contributed by atoms with van der Waals surface area (Å²) in [5, 5.41) is 0. The molecule has 0 aliphatic carbocycles. The fourth-order valence-corrected chi connectivity index (χ4v) is 2.83. The van der Waals surface area contributed by atoms with Gasteiger partial charge in [-0.2, -0.15) is 0 Å². The van der Waals surface area contributed by atoms with Gasteiger partial charge in [0.15, 0.2) is 0 Å². The quantitative estimate of drug-likeness (QED) is 0.590. The first-order valence-electron chi connectivity index (χ1n) is 8.07. The van der Waals surface area contributed by atoms with Gasteiger partial charge in [-0.25, -0.2) is 22.8 Å². The van der Waals surface area contributed by atoms with Crippen molar-refractivity contribution in [1.82, 2.24) is 9.97 Å². The van der Waals surface area contributed by atoms with Crippen molar-refractivity contribution in [3.63, 3.8) is 0 Å². The molecule has 2 aromatic rings. The van der Waals surface area contributed by atoms with E-state index in [1.165, 1.54) is 37.3 Å². The molecule has 0 aliphatic heterocycles. The molecule has 1 N–H and O–H groups in total. The van der Waals surface area contributed by atoms with Gasteiger partial charge in [-0.05, 0) is 49.3 Å². The second-order valence-corrected chi connectivity index (χ2v) is 7.87. The number of carbonyl (C=O) groups is 1. The molecule has 0 unspecified atom stereocenters. The van der Waals surface area contributed by atoms with Crippen molar-refractivity contribution in [3.8, 4) is 11.3 Å². The SMILES string of the molecule is CCS(=O)(=O)Nc1nc(-c2ccc(F)cc2)c(C=CC=O)c(C(C)C)n1. The van der Waals surface area contributed by atoms with Gasteiger partial charge < -0.3 is 0 Å². The lowest BCUT2D eigenvalue weighted by atomic mass is 9.98. The Morgan fingerprint density at radius 3 is 2.38 bits per heavy atom. The number of halogens is 1. The Balaban J connectivity index is 2.74. The Bertz CT molecular complexity index is 923. The van der Waals surface area contributed by atoms with Gasteiger partial charge in [-0.1, -0.05) is 13.8 Å². The number of nitrogens with one attached hydrogen (secondary N) is 1. The largest absolute Gasteiger partial charge is 0.299 e. The summed E-state index contributed by atoms with van der Waals surface area (Å²) < 4.78 is 39.4. The van der Waals surface area contributed by atoms with Gasteiger partial charge in [-0.15, -0.1) is 0 Å². The fourth-order valence-electron chi connectivity index (χ4n) is 2.31. The third kappa shape index (κ3) is 4.72. The number of hydrogen-bond donors (Lipinski definition) is 1. The van der Waals surface area contributed by atoms with Crippen LogP contribution in [0.4, 0.5) is 10.3 Å². The third-order valence-corrected chi connectivity index (χ3v) is 4.86. The van der Waals surface area contributed by atoms with Gasteiger partial charge in [0.25, 0.3) is 0 Å². The van der Waals surface area contributed by atoms with E-state index >= 15 is 0 Å². The van der Waals surface area contributed by atoms with Crippen molar-refractivity contribution in [3.05, 3.63) is 47.4 Å². The van der Waals surface area contributed by atoms with E-state index in [1.54, 1.807) is 6.08 Å². The highest BCUT2D eigenvalue weighted by molar-refractivity contribution is 7.92. The summed E-state index contributed by atoms with van der Waals surface area (Å²) in [6.07, 6.45) is 3.51. The van der Waals surface area contributed by atoms with Crippen LogP contribution in [0.3, 0.4) is 0 Å². The van der Waals surface area contributed by atoms with Crippen molar-refractivity contribution in [2.45, 2.75) is 26.7 Å². The molecule has 6 nitrogen and oxygen atoms in total. The first-order chi connectivity index (χ1) is 12.3. The maximum absolute atomic E-state index is 13.3. The van der Waals surface area contributed by atoms with Crippen LogP contribution in [-0.4, -0.2) is 30.4 Å². The lowest BCUT2D eigenvalue weighted by Crippen LogP contribution is -2.18. The van der Waals surface area contributed by atoms with Gasteiger partial charge >= 0.3 is 0 Å². The summed E-state index contributed by atoms with van der Waals surface area (Å²) in [4.78, 5) is 19.4. The maximum Gasteiger partial charge on any atom is 0.237 e. The summed E-state index contributed by atoms with van der Waals surface area (Å²) >= 11 is 0. The minimum atomic E-state index is -3.56. The van der Waals surface area contributed by atoms with Crippen LogP contribution in [0, 0.1) is 5.82 Å². The van der Waals surface area contributed by atoms with E-state index in [0.29, 0.717) is 28.8 Å². The minimum Gasteiger partial charge on any atom is -0.299 e. The van der Waals surface area contributed by atoms with Crippen molar-refractivity contribution < 1.29 is 17.6 Å². The highest BCUT2D eigenvalue weighted by atomic mass is 32.2. The average molecular weight is 377 g/mol.